The second kappa shape index (κ2) is 4.24. The molecule has 0 aromatic carbocycles. The molecule has 0 aliphatic heterocycles. The molecule has 1 heterocycles. The third-order valence-electron chi connectivity index (χ3n) is 1.47. The zero-order valence-corrected chi connectivity index (χ0v) is 8.91. The fourth-order valence-electron chi connectivity index (χ4n) is 0.856. The van der Waals surface area contributed by atoms with Crippen molar-refractivity contribution in [1.29, 1.82) is 0 Å². The van der Waals surface area contributed by atoms with Gasteiger partial charge in [-0.05, 0) is 47.8 Å². The number of rotatable bonds is 3. The van der Waals surface area contributed by atoms with Crippen molar-refractivity contribution in [2.75, 3.05) is 0 Å². The fraction of sp³-hybridized carbons (Fsp3) is 0.500. The van der Waals surface area contributed by atoms with Crippen LogP contribution in [0.25, 0.3) is 0 Å². The van der Waals surface area contributed by atoms with Gasteiger partial charge < -0.3 is 5.73 Å². The highest BCUT2D eigenvalue weighted by molar-refractivity contribution is 9.11. The van der Waals surface area contributed by atoms with Gasteiger partial charge in [0.15, 0.2) is 0 Å². The molecule has 0 spiro atoms. The fourth-order valence-corrected chi connectivity index (χ4v) is 2.35. The Balaban J connectivity index is 2.39. The van der Waals surface area contributed by atoms with Crippen molar-refractivity contribution in [2.24, 2.45) is 5.73 Å². The Hall–Kier alpha value is 0.140. The summed E-state index contributed by atoms with van der Waals surface area (Å²) in [5.74, 6) is 0. The van der Waals surface area contributed by atoms with E-state index in [9.17, 15) is 0 Å². The Kier molecular flexibility index (Phi) is 3.55. The minimum absolute atomic E-state index is 0.316. The van der Waals surface area contributed by atoms with Gasteiger partial charge >= 0.3 is 0 Å². The number of nitrogens with two attached hydrogens (primary N) is 1. The topological polar surface area (TPSA) is 26.0 Å². The summed E-state index contributed by atoms with van der Waals surface area (Å²) in [4.78, 5) is 1.41. The van der Waals surface area contributed by atoms with Gasteiger partial charge in [0.05, 0.1) is 3.79 Å². The first-order valence-corrected chi connectivity index (χ1v) is 5.29. The monoisotopic (exact) mass is 233 g/mol. The Morgan fingerprint density at radius 2 is 2.36 bits per heavy atom. The number of halogens is 1. The van der Waals surface area contributed by atoms with Crippen molar-refractivity contribution >= 4 is 27.3 Å². The average molecular weight is 234 g/mol. The summed E-state index contributed by atoms with van der Waals surface area (Å²) in [6.07, 6.45) is 2.18. The zero-order valence-electron chi connectivity index (χ0n) is 6.51. The minimum atomic E-state index is 0.316. The van der Waals surface area contributed by atoms with Crippen LogP contribution in [-0.2, 0) is 6.42 Å². The molecule has 1 nitrogen and oxygen atoms in total. The standard InChI is InChI=1S/C8H12BrNS/c1-6(10)2-3-7-4-5-8(9)11-7/h4-6H,2-3,10H2,1H3/t6-/m1/s1. The van der Waals surface area contributed by atoms with E-state index in [1.807, 2.05) is 6.92 Å². The van der Waals surface area contributed by atoms with Gasteiger partial charge in [-0.15, -0.1) is 11.3 Å². The smallest absolute Gasteiger partial charge is 0.0701 e. The van der Waals surface area contributed by atoms with E-state index in [-0.39, 0.29) is 0 Å². The van der Waals surface area contributed by atoms with Crippen LogP contribution in [0.3, 0.4) is 0 Å². The second-order valence-electron chi connectivity index (χ2n) is 2.72. The lowest BCUT2D eigenvalue weighted by atomic mass is 10.2. The Morgan fingerprint density at radius 3 is 2.82 bits per heavy atom. The molecule has 1 rings (SSSR count). The lowest BCUT2D eigenvalue weighted by Crippen LogP contribution is -2.14. The van der Waals surface area contributed by atoms with Crippen molar-refractivity contribution in [3.8, 4) is 0 Å². The molecule has 1 aromatic heterocycles. The van der Waals surface area contributed by atoms with E-state index in [1.165, 1.54) is 8.66 Å². The third kappa shape index (κ3) is 3.36. The molecule has 0 saturated heterocycles. The maximum Gasteiger partial charge on any atom is 0.0701 e. The lowest BCUT2D eigenvalue weighted by molar-refractivity contribution is 0.670. The van der Waals surface area contributed by atoms with E-state index in [4.69, 9.17) is 5.73 Å². The molecular weight excluding hydrogens is 222 g/mol. The van der Waals surface area contributed by atoms with Crippen LogP contribution in [0.2, 0.25) is 0 Å². The highest BCUT2D eigenvalue weighted by Gasteiger charge is 1.99. The molecule has 0 saturated carbocycles. The first-order valence-electron chi connectivity index (χ1n) is 3.68. The Bertz CT molecular complexity index is 220. The SMILES string of the molecule is C[C@@H](N)CCc1ccc(Br)s1. The molecule has 0 radical (unpaired) electrons. The van der Waals surface area contributed by atoms with Gasteiger partial charge in [-0.1, -0.05) is 0 Å². The predicted octanol–water partition coefficient (Wildman–Crippen LogP) is 2.79. The van der Waals surface area contributed by atoms with Crippen molar-refractivity contribution < 1.29 is 0 Å². The van der Waals surface area contributed by atoms with Crippen molar-refractivity contribution in [3.63, 3.8) is 0 Å². The molecule has 1 atom stereocenters. The lowest BCUT2D eigenvalue weighted by Gasteiger charge is -2.01. The van der Waals surface area contributed by atoms with Crippen LogP contribution in [0, 0.1) is 0 Å². The molecule has 2 N–H and O–H groups in total. The predicted molar refractivity (Wildman–Crippen MR) is 54.0 cm³/mol. The normalized spacial score (nSPS) is 13.4. The summed E-state index contributed by atoms with van der Waals surface area (Å²) in [5.41, 5.74) is 5.64. The molecule has 3 heteroatoms. The van der Waals surface area contributed by atoms with Crippen molar-refractivity contribution in [2.45, 2.75) is 25.8 Å². The molecule has 0 bridgehead atoms. The number of thiophene rings is 1. The van der Waals surface area contributed by atoms with E-state index in [0.717, 1.165) is 12.8 Å². The van der Waals surface area contributed by atoms with Crippen molar-refractivity contribution in [3.05, 3.63) is 20.8 Å². The van der Waals surface area contributed by atoms with Crippen LogP contribution in [0.1, 0.15) is 18.2 Å². The van der Waals surface area contributed by atoms with E-state index in [2.05, 4.69) is 28.1 Å². The highest BCUT2D eigenvalue weighted by Crippen LogP contribution is 2.23. The Labute approximate surface area is 79.7 Å². The summed E-state index contributed by atoms with van der Waals surface area (Å²) in [5, 5.41) is 0. The van der Waals surface area contributed by atoms with E-state index in [0.29, 0.717) is 6.04 Å². The van der Waals surface area contributed by atoms with Crippen LogP contribution in [0.5, 0.6) is 0 Å². The molecule has 0 fully saturated rings. The molecule has 11 heavy (non-hydrogen) atoms. The summed E-state index contributed by atoms with van der Waals surface area (Å²) >= 11 is 5.22. The molecular formula is C8H12BrNS. The van der Waals surface area contributed by atoms with Gasteiger partial charge in [-0.2, -0.15) is 0 Å². The molecule has 0 aliphatic rings. The van der Waals surface area contributed by atoms with E-state index in [1.54, 1.807) is 11.3 Å². The van der Waals surface area contributed by atoms with Crippen LogP contribution in [-0.4, -0.2) is 6.04 Å². The van der Waals surface area contributed by atoms with Gasteiger partial charge in [0, 0.05) is 10.9 Å². The summed E-state index contributed by atoms with van der Waals surface area (Å²) in [7, 11) is 0. The van der Waals surface area contributed by atoms with Gasteiger partial charge in [-0.25, -0.2) is 0 Å². The van der Waals surface area contributed by atoms with Gasteiger partial charge in [-0.3, -0.25) is 0 Å². The van der Waals surface area contributed by atoms with Gasteiger partial charge in [0.25, 0.3) is 0 Å². The minimum Gasteiger partial charge on any atom is -0.328 e. The maximum absolute atomic E-state index is 5.64. The Morgan fingerprint density at radius 1 is 1.64 bits per heavy atom. The van der Waals surface area contributed by atoms with Crippen LogP contribution < -0.4 is 5.73 Å². The van der Waals surface area contributed by atoms with E-state index >= 15 is 0 Å². The molecule has 0 aliphatic carbocycles. The maximum atomic E-state index is 5.64. The zero-order chi connectivity index (χ0) is 8.27. The number of aryl methyl sites for hydroxylation is 1. The van der Waals surface area contributed by atoms with Gasteiger partial charge in [0.2, 0.25) is 0 Å². The summed E-state index contributed by atoms with van der Waals surface area (Å²) < 4.78 is 1.21. The van der Waals surface area contributed by atoms with Crippen LogP contribution >= 0.6 is 27.3 Å². The number of hydrogen-bond donors (Lipinski definition) is 1. The summed E-state index contributed by atoms with van der Waals surface area (Å²) in [6.45, 7) is 2.04. The highest BCUT2D eigenvalue weighted by atomic mass is 79.9. The van der Waals surface area contributed by atoms with Crippen LogP contribution in [0.15, 0.2) is 15.9 Å². The third-order valence-corrected chi connectivity index (χ3v) is 3.16. The molecule has 62 valence electrons. The quantitative estimate of drug-likeness (QED) is 0.855. The van der Waals surface area contributed by atoms with E-state index < -0.39 is 0 Å². The van der Waals surface area contributed by atoms with Gasteiger partial charge in [0.1, 0.15) is 0 Å². The van der Waals surface area contributed by atoms with Crippen LogP contribution in [0.4, 0.5) is 0 Å². The summed E-state index contributed by atoms with van der Waals surface area (Å²) in [6, 6.07) is 4.55. The average Bonchev–Trinajstić information content (AvgIpc) is 2.31. The molecule has 0 unspecified atom stereocenters. The molecule has 1 aromatic rings. The first kappa shape index (κ1) is 9.23. The van der Waals surface area contributed by atoms with Crippen molar-refractivity contribution in [1.82, 2.24) is 0 Å². The first-order chi connectivity index (χ1) is 5.18. The largest absolute Gasteiger partial charge is 0.328 e. The number of hydrogen-bond acceptors (Lipinski definition) is 2. The second-order valence-corrected chi connectivity index (χ2v) is 5.27. The molecule has 0 amide bonds.